The molecule has 1 fully saturated rings. The molecular weight excluding hydrogens is 273 g/mol. The first kappa shape index (κ1) is 13.6. The van der Waals surface area contributed by atoms with Gasteiger partial charge < -0.3 is 5.32 Å². The Morgan fingerprint density at radius 3 is 2.55 bits per heavy atom. The highest BCUT2D eigenvalue weighted by molar-refractivity contribution is 6.30. The Bertz CT molecular complexity index is 576. The normalized spacial score (nSPS) is 21.5. The molecule has 1 saturated carbocycles. The highest BCUT2D eigenvalue weighted by atomic mass is 35.5. The van der Waals surface area contributed by atoms with Gasteiger partial charge in [-0.3, -0.25) is 0 Å². The van der Waals surface area contributed by atoms with Crippen LogP contribution < -0.4 is 5.32 Å². The number of hydrogen-bond acceptors (Lipinski definition) is 1. The van der Waals surface area contributed by atoms with Crippen LogP contribution >= 0.6 is 11.6 Å². The molecule has 20 heavy (non-hydrogen) atoms. The molecule has 1 N–H and O–H groups in total. The zero-order valence-corrected chi connectivity index (χ0v) is 11.9. The SMILES string of the molecule is Fc1ccc(C2CC(NCc3cccc(Cl)c3)C2)cc1. The number of hydrogen-bond donors (Lipinski definition) is 1. The van der Waals surface area contributed by atoms with E-state index in [0.29, 0.717) is 12.0 Å². The third-order valence-electron chi connectivity index (χ3n) is 3.96. The number of nitrogens with one attached hydrogen (secondary N) is 1. The Hall–Kier alpha value is -1.38. The van der Waals surface area contributed by atoms with Crippen LogP contribution in [-0.4, -0.2) is 6.04 Å². The molecule has 0 radical (unpaired) electrons. The van der Waals surface area contributed by atoms with Crippen LogP contribution in [0.5, 0.6) is 0 Å². The van der Waals surface area contributed by atoms with E-state index in [2.05, 4.69) is 11.4 Å². The maximum Gasteiger partial charge on any atom is 0.123 e. The monoisotopic (exact) mass is 289 g/mol. The van der Waals surface area contributed by atoms with Gasteiger partial charge >= 0.3 is 0 Å². The summed E-state index contributed by atoms with van der Waals surface area (Å²) in [4.78, 5) is 0. The molecule has 0 bridgehead atoms. The average molecular weight is 290 g/mol. The Morgan fingerprint density at radius 1 is 1.10 bits per heavy atom. The molecule has 3 heteroatoms. The molecule has 0 spiro atoms. The van der Waals surface area contributed by atoms with Gasteiger partial charge in [-0.2, -0.15) is 0 Å². The fourth-order valence-corrected chi connectivity index (χ4v) is 2.91. The molecule has 0 saturated heterocycles. The summed E-state index contributed by atoms with van der Waals surface area (Å²) in [5.74, 6) is 0.399. The Labute approximate surface area is 123 Å². The van der Waals surface area contributed by atoms with Gasteiger partial charge in [-0.05, 0) is 54.2 Å². The van der Waals surface area contributed by atoms with Crippen LogP contribution in [0.2, 0.25) is 5.02 Å². The van der Waals surface area contributed by atoms with Crippen LogP contribution in [0, 0.1) is 5.82 Å². The van der Waals surface area contributed by atoms with E-state index in [1.165, 1.54) is 11.1 Å². The van der Waals surface area contributed by atoms with Crippen molar-refractivity contribution in [2.24, 2.45) is 0 Å². The van der Waals surface area contributed by atoms with Gasteiger partial charge in [0.1, 0.15) is 5.82 Å². The van der Waals surface area contributed by atoms with Crippen LogP contribution in [0.1, 0.15) is 29.9 Å². The molecule has 2 aromatic carbocycles. The van der Waals surface area contributed by atoms with Crippen LogP contribution in [-0.2, 0) is 6.54 Å². The van der Waals surface area contributed by atoms with Crippen molar-refractivity contribution in [1.29, 1.82) is 0 Å². The summed E-state index contributed by atoms with van der Waals surface area (Å²) < 4.78 is 12.9. The van der Waals surface area contributed by atoms with E-state index in [4.69, 9.17) is 11.6 Å². The van der Waals surface area contributed by atoms with Gasteiger partial charge in [-0.25, -0.2) is 4.39 Å². The smallest absolute Gasteiger partial charge is 0.123 e. The van der Waals surface area contributed by atoms with Crippen LogP contribution in [0.15, 0.2) is 48.5 Å². The molecule has 3 rings (SSSR count). The molecule has 104 valence electrons. The van der Waals surface area contributed by atoms with Gasteiger partial charge in [0, 0.05) is 17.6 Å². The van der Waals surface area contributed by atoms with Crippen LogP contribution in [0.3, 0.4) is 0 Å². The van der Waals surface area contributed by atoms with Crippen molar-refractivity contribution in [2.45, 2.75) is 31.3 Å². The van der Waals surface area contributed by atoms with Gasteiger partial charge in [-0.15, -0.1) is 0 Å². The maximum absolute atomic E-state index is 12.9. The highest BCUT2D eigenvalue weighted by Gasteiger charge is 2.29. The molecule has 0 unspecified atom stereocenters. The zero-order valence-electron chi connectivity index (χ0n) is 11.2. The van der Waals surface area contributed by atoms with Crippen molar-refractivity contribution in [3.05, 3.63) is 70.5 Å². The summed E-state index contributed by atoms with van der Waals surface area (Å²) in [6, 6.07) is 15.4. The zero-order chi connectivity index (χ0) is 13.9. The van der Waals surface area contributed by atoms with Gasteiger partial charge in [0.15, 0.2) is 0 Å². The first-order valence-electron chi connectivity index (χ1n) is 6.94. The second kappa shape index (κ2) is 5.94. The Kier molecular flexibility index (Phi) is 4.04. The van der Waals surface area contributed by atoms with E-state index in [1.807, 2.05) is 30.3 Å². The number of halogens is 2. The highest BCUT2D eigenvalue weighted by Crippen LogP contribution is 2.36. The standard InChI is InChI=1S/C17H17ClFN/c18-15-3-1-2-12(8-15)11-20-17-9-14(10-17)13-4-6-16(19)7-5-13/h1-8,14,17,20H,9-11H2. The van der Waals surface area contributed by atoms with E-state index in [-0.39, 0.29) is 5.82 Å². The van der Waals surface area contributed by atoms with Crippen molar-refractivity contribution in [3.8, 4) is 0 Å². The molecule has 2 aromatic rings. The lowest BCUT2D eigenvalue weighted by Gasteiger charge is -2.36. The molecule has 1 nitrogen and oxygen atoms in total. The second-order valence-electron chi connectivity index (χ2n) is 5.43. The largest absolute Gasteiger partial charge is 0.310 e. The molecule has 0 atom stereocenters. The lowest BCUT2D eigenvalue weighted by molar-refractivity contribution is 0.289. The molecule has 1 aliphatic carbocycles. The van der Waals surface area contributed by atoms with Crippen molar-refractivity contribution in [2.75, 3.05) is 0 Å². The van der Waals surface area contributed by atoms with E-state index in [9.17, 15) is 4.39 Å². The number of benzene rings is 2. The van der Waals surface area contributed by atoms with Gasteiger partial charge in [-0.1, -0.05) is 35.9 Å². The molecule has 0 amide bonds. The van der Waals surface area contributed by atoms with Gasteiger partial charge in [0.25, 0.3) is 0 Å². The van der Waals surface area contributed by atoms with E-state index >= 15 is 0 Å². The van der Waals surface area contributed by atoms with Crippen LogP contribution in [0.4, 0.5) is 4.39 Å². The summed E-state index contributed by atoms with van der Waals surface area (Å²) in [7, 11) is 0. The molecule has 0 heterocycles. The Morgan fingerprint density at radius 2 is 1.85 bits per heavy atom. The quantitative estimate of drug-likeness (QED) is 0.873. The van der Waals surface area contributed by atoms with E-state index in [0.717, 1.165) is 24.4 Å². The third kappa shape index (κ3) is 3.20. The minimum absolute atomic E-state index is 0.163. The fraction of sp³-hybridized carbons (Fsp3) is 0.294. The van der Waals surface area contributed by atoms with Crippen molar-refractivity contribution in [1.82, 2.24) is 5.32 Å². The van der Waals surface area contributed by atoms with E-state index in [1.54, 1.807) is 12.1 Å². The first-order valence-corrected chi connectivity index (χ1v) is 7.32. The lowest BCUT2D eigenvalue weighted by Crippen LogP contribution is -2.39. The lowest BCUT2D eigenvalue weighted by atomic mass is 9.76. The molecular formula is C17H17ClFN. The average Bonchev–Trinajstić information content (AvgIpc) is 2.39. The molecule has 0 aromatic heterocycles. The predicted octanol–water partition coefficient (Wildman–Crippen LogP) is 4.51. The predicted molar refractivity (Wildman–Crippen MR) is 80.5 cm³/mol. The topological polar surface area (TPSA) is 12.0 Å². The fourth-order valence-electron chi connectivity index (χ4n) is 2.70. The van der Waals surface area contributed by atoms with E-state index < -0.39 is 0 Å². The minimum atomic E-state index is -0.163. The van der Waals surface area contributed by atoms with Crippen molar-refractivity contribution >= 4 is 11.6 Å². The Balaban J connectivity index is 1.48. The van der Waals surface area contributed by atoms with Gasteiger partial charge in [0.2, 0.25) is 0 Å². The molecule has 1 aliphatic rings. The van der Waals surface area contributed by atoms with Gasteiger partial charge in [0.05, 0.1) is 0 Å². The van der Waals surface area contributed by atoms with Crippen LogP contribution in [0.25, 0.3) is 0 Å². The summed E-state index contributed by atoms with van der Waals surface area (Å²) >= 11 is 5.97. The minimum Gasteiger partial charge on any atom is -0.310 e. The van der Waals surface area contributed by atoms with Crippen molar-refractivity contribution in [3.63, 3.8) is 0 Å². The third-order valence-corrected chi connectivity index (χ3v) is 4.20. The summed E-state index contributed by atoms with van der Waals surface area (Å²) in [5.41, 5.74) is 2.45. The summed E-state index contributed by atoms with van der Waals surface area (Å²) in [6.07, 6.45) is 2.23. The number of rotatable bonds is 4. The first-order chi connectivity index (χ1) is 9.70. The maximum atomic E-state index is 12.9. The summed E-state index contributed by atoms with van der Waals surface area (Å²) in [5, 5.41) is 4.32. The van der Waals surface area contributed by atoms with Crippen molar-refractivity contribution < 1.29 is 4.39 Å². The molecule has 0 aliphatic heterocycles. The summed E-state index contributed by atoms with van der Waals surface area (Å²) in [6.45, 7) is 0.849. The second-order valence-corrected chi connectivity index (χ2v) is 5.86.